The number of rotatable bonds is 2. The van der Waals surface area contributed by atoms with Gasteiger partial charge in [-0.25, -0.2) is 0 Å². The molecule has 0 aliphatic rings. The van der Waals surface area contributed by atoms with Crippen LogP contribution in [-0.2, 0) is 0 Å². The summed E-state index contributed by atoms with van der Waals surface area (Å²) in [6.45, 7) is 3.93. The zero-order chi connectivity index (χ0) is 16.8. The highest BCUT2D eigenvalue weighted by molar-refractivity contribution is 6.08. The molecule has 0 saturated heterocycles. The van der Waals surface area contributed by atoms with Crippen molar-refractivity contribution in [3.05, 3.63) is 64.1 Å². The van der Waals surface area contributed by atoms with Gasteiger partial charge in [0.15, 0.2) is 0 Å². The van der Waals surface area contributed by atoms with Crippen LogP contribution in [0.1, 0.15) is 11.3 Å². The van der Waals surface area contributed by atoms with Crippen LogP contribution in [0, 0.1) is 13.8 Å². The number of aromatic nitrogens is 3. The molecule has 0 aliphatic heterocycles. The number of nitrogens with one attached hydrogen (secondary N) is 1. The molecular formula is C19H17N3O2. The second kappa shape index (κ2) is 5.23. The first kappa shape index (κ1) is 14.5. The third kappa shape index (κ3) is 2.09. The minimum Gasteiger partial charge on any atom is -0.497 e. The molecule has 0 atom stereocenters. The molecule has 0 spiro atoms. The highest BCUT2D eigenvalue weighted by Gasteiger charge is 2.15. The Labute approximate surface area is 138 Å². The van der Waals surface area contributed by atoms with Crippen molar-refractivity contribution >= 4 is 21.8 Å². The van der Waals surface area contributed by atoms with E-state index in [-0.39, 0.29) is 5.56 Å². The summed E-state index contributed by atoms with van der Waals surface area (Å²) < 4.78 is 6.75. The number of nitrogens with zero attached hydrogens (tertiary/aromatic N) is 2. The van der Waals surface area contributed by atoms with Gasteiger partial charge in [-0.05, 0) is 44.2 Å². The lowest BCUT2D eigenvalue weighted by Gasteiger charge is -2.07. The quantitative estimate of drug-likeness (QED) is 0.615. The van der Waals surface area contributed by atoms with E-state index < -0.39 is 0 Å². The molecule has 1 N–H and O–H groups in total. The van der Waals surface area contributed by atoms with Crippen LogP contribution in [0.25, 0.3) is 27.5 Å². The van der Waals surface area contributed by atoms with E-state index in [1.165, 1.54) is 4.68 Å². The molecule has 2 aromatic heterocycles. The number of hydrogen-bond acceptors (Lipinski definition) is 3. The van der Waals surface area contributed by atoms with Gasteiger partial charge in [-0.2, -0.15) is 9.78 Å². The molecule has 0 radical (unpaired) electrons. The van der Waals surface area contributed by atoms with Gasteiger partial charge in [0.25, 0.3) is 5.56 Å². The fraction of sp³-hybridized carbons (Fsp3) is 0.158. The normalized spacial score (nSPS) is 11.3. The van der Waals surface area contributed by atoms with E-state index in [1.807, 2.05) is 56.3 Å². The Hall–Kier alpha value is -3.08. The molecular weight excluding hydrogens is 302 g/mol. The molecule has 2 heterocycles. The van der Waals surface area contributed by atoms with E-state index in [9.17, 15) is 4.79 Å². The summed E-state index contributed by atoms with van der Waals surface area (Å²) in [6.07, 6.45) is 0. The molecule has 24 heavy (non-hydrogen) atoms. The molecule has 0 fully saturated rings. The number of benzene rings is 2. The van der Waals surface area contributed by atoms with Crippen LogP contribution in [0.3, 0.4) is 0 Å². The maximum absolute atomic E-state index is 12.9. The molecule has 0 amide bonds. The van der Waals surface area contributed by atoms with Crippen LogP contribution >= 0.6 is 0 Å². The van der Waals surface area contributed by atoms with Crippen molar-refractivity contribution in [1.29, 1.82) is 0 Å². The predicted octanol–water partition coefficient (Wildman–Crippen LogP) is 3.49. The summed E-state index contributed by atoms with van der Waals surface area (Å²) >= 11 is 0. The Morgan fingerprint density at radius 1 is 1.08 bits per heavy atom. The van der Waals surface area contributed by atoms with Gasteiger partial charge in [-0.1, -0.05) is 17.7 Å². The Kier molecular flexibility index (Phi) is 3.16. The van der Waals surface area contributed by atoms with E-state index in [0.29, 0.717) is 5.52 Å². The molecule has 4 rings (SSSR count). The van der Waals surface area contributed by atoms with Crippen molar-refractivity contribution in [2.75, 3.05) is 7.11 Å². The SMILES string of the molecule is COc1ccc2[nH]c3c(=O)n(-c4ccc(C)cc4)nc(C)c3c2c1. The van der Waals surface area contributed by atoms with E-state index in [1.54, 1.807) is 7.11 Å². The van der Waals surface area contributed by atoms with E-state index in [4.69, 9.17) is 4.74 Å². The third-order valence-corrected chi connectivity index (χ3v) is 4.30. The fourth-order valence-corrected chi connectivity index (χ4v) is 3.05. The summed E-state index contributed by atoms with van der Waals surface area (Å²) in [6, 6.07) is 13.5. The van der Waals surface area contributed by atoms with Crippen molar-refractivity contribution < 1.29 is 4.74 Å². The van der Waals surface area contributed by atoms with Crippen molar-refractivity contribution in [1.82, 2.24) is 14.8 Å². The standard InChI is InChI=1S/C19H17N3O2/c1-11-4-6-13(7-5-11)22-19(23)18-17(12(2)21-22)15-10-14(24-3)8-9-16(15)20-18/h4-10,20H,1-3H3. The van der Waals surface area contributed by atoms with Gasteiger partial charge in [0.2, 0.25) is 0 Å². The molecule has 5 heteroatoms. The first-order valence-corrected chi connectivity index (χ1v) is 7.75. The number of H-pyrrole nitrogens is 1. The highest BCUT2D eigenvalue weighted by atomic mass is 16.5. The maximum Gasteiger partial charge on any atom is 0.295 e. The van der Waals surface area contributed by atoms with Crippen molar-refractivity contribution in [3.63, 3.8) is 0 Å². The Morgan fingerprint density at radius 3 is 2.54 bits per heavy atom. The molecule has 5 nitrogen and oxygen atoms in total. The van der Waals surface area contributed by atoms with Gasteiger partial charge in [-0.15, -0.1) is 0 Å². The Bertz CT molecular complexity index is 1120. The number of aryl methyl sites for hydroxylation is 2. The van der Waals surface area contributed by atoms with E-state index >= 15 is 0 Å². The lowest BCUT2D eigenvalue weighted by Crippen LogP contribution is -2.22. The van der Waals surface area contributed by atoms with Crippen molar-refractivity contribution in [2.45, 2.75) is 13.8 Å². The summed E-state index contributed by atoms with van der Waals surface area (Å²) in [5.74, 6) is 0.755. The summed E-state index contributed by atoms with van der Waals surface area (Å²) in [4.78, 5) is 16.2. The number of hydrogen-bond donors (Lipinski definition) is 1. The second-order valence-corrected chi connectivity index (χ2v) is 5.92. The van der Waals surface area contributed by atoms with Gasteiger partial charge in [0, 0.05) is 16.3 Å². The molecule has 0 aliphatic carbocycles. The molecule has 4 aromatic rings. The fourth-order valence-electron chi connectivity index (χ4n) is 3.05. The Morgan fingerprint density at radius 2 is 1.83 bits per heavy atom. The number of methoxy groups -OCH3 is 1. The van der Waals surface area contributed by atoms with E-state index in [0.717, 1.165) is 39.0 Å². The minimum atomic E-state index is -0.158. The largest absolute Gasteiger partial charge is 0.497 e. The third-order valence-electron chi connectivity index (χ3n) is 4.30. The summed E-state index contributed by atoms with van der Waals surface area (Å²) in [7, 11) is 1.63. The van der Waals surface area contributed by atoms with Crippen molar-refractivity contribution in [2.24, 2.45) is 0 Å². The molecule has 0 saturated carbocycles. The monoisotopic (exact) mass is 319 g/mol. The van der Waals surface area contributed by atoms with Crippen LogP contribution in [0.4, 0.5) is 0 Å². The molecule has 120 valence electrons. The lowest BCUT2D eigenvalue weighted by molar-refractivity contribution is 0.415. The second-order valence-electron chi connectivity index (χ2n) is 5.92. The van der Waals surface area contributed by atoms with Gasteiger partial charge < -0.3 is 9.72 Å². The van der Waals surface area contributed by atoms with Crippen LogP contribution in [0.5, 0.6) is 5.75 Å². The molecule has 0 bridgehead atoms. The maximum atomic E-state index is 12.9. The molecule has 2 aromatic carbocycles. The van der Waals surface area contributed by atoms with Crippen LogP contribution in [0.2, 0.25) is 0 Å². The molecule has 0 unspecified atom stereocenters. The average molecular weight is 319 g/mol. The van der Waals surface area contributed by atoms with Crippen LogP contribution < -0.4 is 10.3 Å². The first-order chi connectivity index (χ1) is 11.6. The van der Waals surface area contributed by atoms with E-state index in [2.05, 4.69) is 10.1 Å². The van der Waals surface area contributed by atoms with Crippen LogP contribution in [0.15, 0.2) is 47.3 Å². The van der Waals surface area contributed by atoms with Gasteiger partial charge in [0.1, 0.15) is 11.3 Å². The van der Waals surface area contributed by atoms with Gasteiger partial charge in [-0.3, -0.25) is 4.79 Å². The summed E-state index contributed by atoms with van der Waals surface area (Å²) in [5, 5.41) is 6.31. The van der Waals surface area contributed by atoms with Gasteiger partial charge in [0.05, 0.1) is 18.5 Å². The zero-order valence-corrected chi connectivity index (χ0v) is 13.8. The smallest absolute Gasteiger partial charge is 0.295 e. The predicted molar refractivity (Wildman–Crippen MR) is 95.2 cm³/mol. The Balaban J connectivity index is 2.06. The summed E-state index contributed by atoms with van der Waals surface area (Å²) in [5.41, 5.74) is 3.99. The number of fused-ring (bicyclic) bond motifs is 3. The lowest BCUT2D eigenvalue weighted by atomic mass is 10.1. The van der Waals surface area contributed by atoms with Gasteiger partial charge >= 0.3 is 0 Å². The topological polar surface area (TPSA) is 59.9 Å². The highest BCUT2D eigenvalue weighted by Crippen LogP contribution is 2.28. The minimum absolute atomic E-state index is 0.158. The average Bonchev–Trinajstić information content (AvgIpc) is 2.98. The number of ether oxygens (including phenoxy) is 1. The van der Waals surface area contributed by atoms with Crippen molar-refractivity contribution in [3.8, 4) is 11.4 Å². The van der Waals surface area contributed by atoms with Crippen LogP contribution in [-0.4, -0.2) is 21.9 Å². The zero-order valence-electron chi connectivity index (χ0n) is 13.8. The number of aromatic amines is 1. The first-order valence-electron chi connectivity index (χ1n) is 7.75.